The van der Waals surface area contributed by atoms with Crippen LogP contribution in [-0.2, 0) is 0 Å². The van der Waals surface area contributed by atoms with Gasteiger partial charge in [0.1, 0.15) is 0 Å². The highest BCUT2D eigenvalue weighted by atomic mass is 79.9. The molecule has 0 aromatic carbocycles. The van der Waals surface area contributed by atoms with Crippen LogP contribution in [0.2, 0.25) is 0 Å². The average Bonchev–Trinajstić information content (AvgIpc) is 2.99. The van der Waals surface area contributed by atoms with Crippen molar-refractivity contribution in [2.24, 2.45) is 46.3 Å². The highest BCUT2D eigenvalue weighted by molar-refractivity contribution is 9.09. The highest BCUT2D eigenvalue weighted by Gasteiger charge is 2.58. The summed E-state index contributed by atoms with van der Waals surface area (Å²) in [5, 5.41) is 0. The van der Waals surface area contributed by atoms with E-state index < -0.39 is 0 Å². The van der Waals surface area contributed by atoms with E-state index in [1.54, 1.807) is 0 Å². The summed E-state index contributed by atoms with van der Waals surface area (Å²) < 4.78 is 0. The third kappa shape index (κ3) is 3.58. The third-order valence-corrected chi connectivity index (χ3v) is 11.0. The van der Waals surface area contributed by atoms with Gasteiger partial charge in [0.25, 0.3) is 0 Å². The molecule has 8 atom stereocenters. The largest absolute Gasteiger partial charge is 0.0887 e. The molecule has 0 aliphatic heterocycles. The lowest BCUT2D eigenvalue weighted by molar-refractivity contribution is -0.0496. The first-order chi connectivity index (χ1) is 13.3. The third-order valence-electron chi connectivity index (χ3n) is 10.2. The molecule has 0 bridgehead atoms. The topological polar surface area (TPSA) is 0 Å². The fourth-order valence-electron chi connectivity index (χ4n) is 8.64. The van der Waals surface area contributed by atoms with Crippen LogP contribution in [0.25, 0.3) is 0 Å². The molecule has 4 aliphatic carbocycles. The van der Waals surface area contributed by atoms with Gasteiger partial charge in [-0.3, -0.25) is 0 Å². The maximum atomic E-state index is 3.93. The van der Waals surface area contributed by atoms with Crippen molar-refractivity contribution in [1.82, 2.24) is 0 Å². The van der Waals surface area contributed by atoms with Crippen molar-refractivity contribution in [3.63, 3.8) is 0 Å². The number of hydrogen-bond acceptors (Lipinski definition) is 0. The van der Waals surface area contributed by atoms with Crippen molar-refractivity contribution >= 4 is 15.9 Å². The predicted octanol–water partition coefficient (Wildman–Crippen LogP) is 8.79. The van der Waals surface area contributed by atoms with Gasteiger partial charge in [0, 0.05) is 4.83 Å². The minimum absolute atomic E-state index is 0.523. The van der Waals surface area contributed by atoms with E-state index in [0.29, 0.717) is 10.8 Å². The summed E-state index contributed by atoms with van der Waals surface area (Å²) in [6.07, 6.45) is 18.6. The summed E-state index contributed by atoms with van der Waals surface area (Å²) >= 11 is 3.93. The first-order valence-electron chi connectivity index (χ1n) is 12.6. The van der Waals surface area contributed by atoms with Crippen molar-refractivity contribution in [2.75, 3.05) is 0 Å². The Hall–Kier alpha value is 0.220. The van der Waals surface area contributed by atoms with Gasteiger partial charge >= 0.3 is 0 Å². The zero-order chi connectivity index (χ0) is 20.1. The summed E-state index contributed by atoms with van der Waals surface area (Å²) in [6, 6.07) is 0. The molecule has 0 unspecified atom stereocenters. The molecule has 0 amide bonds. The molecule has 0 spiro atoms. The van der Waals surface area contributed by atoms with E-state index in [0.717, 1.165) is 40.3 Å². The SMILES string of the molecule is CC(C)CCC[C@H](C)[C@@H]1CC[C@@H]2[C@H]3CC=C4C[C@@H](Br)CC[C@@]4(C)[C@@H]3CC[C@]21C. The minimum Gasteiger partial charge on any atom is -0.0887 e. The Kier molecular flexibility index (Phi) is 6.17. The van der Waals surface area contributed by atoms with Crippen molar-refractivity contribution in [3.05, 3.63) is 11.6 Å². The number of halogens is 1. The second kappa shape index (κ2) is 8.05. The molecule has 4 rings (SSSR count). The van der Waals surface area contributed by atoms with E-state index in [-0.39, 0.29) is 0 Å². The van der Waals surface area contributed by atoms with Gasteiger partial charge in [-0.15, -0.1) is 0 Å². The number of alkyl halides is 1. The van der Waals surface area contributed by atoms with Gasteiger partial charge < -0.3 is 0 Å². The van der Waals surface area contributed by atoms with Crippen molar-refractivity contribution in [3.8, 4) is 0 Å². The Morgan fingerprint density at radius 2 is 1.79 bits per heavy atom. The molecular formula is C27H45Br. The summed E-state index contributed by atoms with van der Waals surface area (Å²) in [7, 11) is 0. The lowest BCUT2D eigenvalue weighted by Gasteiger charge is -2.58. The molecule has 3 fully saturated rings. The molecule has 0 aromatic rings. The van der Waals surface area contributed by atoms with Gasteiger partial charge in [-0.05, 0) is 97.7 Å². The molecule has 0 saturated heterocycles. The molecular weight excluding hydrogens is 404 g/mol. The standard InChI is InChI=1S/C27H45Br/c1-18(2)7-6-8-19(3)23-11-12-24-22-10-9-20-17-21(28)13-15-26(20,4)25(22)14-16-27(23,24)5/h9,18-19,21-25H,6-8,10-17H2,1-5H3/t19-,21-,22+,23-,24+,25+,26+,27-/m0/s1. The van der Waals surface area contributed by atoms with Gasteiger partial charge in [-0.2, -0.15) is 0 Å². The molecule has 0 aromatic heterocycles. The number of allylic oxidation sites excluding steroid dienone is 2. The second-order valence-electron chi connectivity index (χ2n) is 12.1. The van der Waals surface area contributed by atoms with Crippen LogP contribution >= 0.6 is 15.9 Å². The van der Waals surface area contributed by atoms with Crippen molar-refractivity contribution in [1.29, 1.82) is 0 Å². The Bertz CT molecular complexity index is 591. The molecule has 0 N–H and O–H groups in total. The molecule has 3 saturated carbocycles. The van der Waals surface area contributed by atoms with E-state index in [9.17, 15) is 0 Å². The molecule has 28 heavy (non-hydrogen) atoms. The maximum absolute atomic E-state index is 3.93. The van der Waals surface area contributed by atoms with Crippen LogP contribution in [0, 0.1) is 46.3 Å². The molecule has 4 aliphatic rings. The van der Waals surface area contributed by atoms with E-state index in [4.69, 9.17) is 0 Å². The first kappa shape index (κ1) is 21.5. The number of rotatable bonds is 5. The second-order valence-corrected chi connectivity index (χ2v) is 13.4. The predicted molar refractivity (Wildman–Crippen MR) is 126 cm³/mol. The average molecular weight is 450 g/mol. The fourth-order valence-corrected chi connectivity index (χ4v) is 9.22. The van der Waals surface area contributed by atoms with E-state index >= 15 is 0 Å². The van der Waals surface area contributed by atoms with Crippen LogP contribution in [0.5, 0.6) is 0 Å². The molecule has 1 heteroatoms. The van der Waals surface area contributed by atoms with Gasteiger partial charge in [0.05, 0.1) is 0 Å². The molecule has 0 heterocycles. The lowest BCUT2D eigenvalue weighted by Crippen LogP contribution is -2.50. The molecule has 0 nitrogen and oxygen atoms in total. The van der Waals surface area contributed by atoms with Crippen molar-refractivity contribution < 1.29 is 0 Å². The van der Waals surface area contributed by atoms with Gasteiger partial charge in [-0.25, -0.2) is 0 Å². The van der Waals surface area contributed by atoms with Crippen LogP contribution in [0.15, 0.2) is 11.6 Å². The van der Waals surface area contributed by atoms with Crippen LogP contribution < -0.4 is 0 Å². The van der Waals surface area contributed by atoms with Crippen LogP contribution in [0.4, 0.5) is 0 Å². The Labute approximate surface area is 183 Å². The summed E-state index contributed by atoms with van der Waals surface area (Å²) in [6.45, 7) is 12.7. The smallest absolute Gasteiger partial charge is 0.0183 e. The van der Waals surface area contributed by atoms with Crippen LogP contribution in [0.1, 0.15) is 105 Å². The van der Waals surface area contributed by atoms with Crippen molar-refractivity contribution in [2.45, 2.75) is 110 Å². The zero-order valence-electron chi connectivity index (χ0n) is 19.3. The minimum atomic E-state index is 0.523. The van der Waals surface area contributed by atoms with Crippen LogP contribution in [-0.4, -0.2) is 4.83 Å². The Morgan fingerprint density at radius 3 is 2.54 bits per heavy atom. The molecule has 160 valence electrons. The van der Waals surface area contributed by atoms with Gasteiger partial charge in [0.2, 0.25) is 0 Å². The zero-order valence-corrected chi connectivity index (χ0v) is 20.9. The highest BCUT2D eigenvalue weighted by Crippen LogP contribution is 2.67. The summed E-state index contributed by atoms with van der Waals surface area (Å²) in [5.41, 5.74) is 2.98. The quantitative estimate of drug-likeness (QED) is 0.291. The lowest BCUT2D eigenvalue weighted by atomic mass is 9.47. The monoisotopic (exact) mass is 448 g/mol. The van der Waals surface area contributed by atoms with Crippen LogP contribution in [0.3, 0.4) is 0 Å². The molecule has 0 radical (unpaired) electrons. The normalized spacial score (nSPS) is 46.5. The maximum Gasteiger partial charge on any atom is 0.0183 e. The Morgan fingerprint density at radius 1 is 1.00 bits per heavy atom. The van der Waals surface area contributed by atoms with Gasteiger partial charge in [-0.1, -0.05) is 81.5 Å². The van der Waals surface area contributed by atoms with E-state index in [1.807, 2.05) is 5.57 Å². The first-order valence-corrected chi connectivity index (χ1v) is 13.5. The summed E-state index contributed by atoms with van der Waals surface area (Å²) in [5.74, 6) is 5.74. The van der Waals surface area contributed by atoms with E-state index in [1.165, 1.54) is 70.6 Å². The van der Waals surface area contributed by atoms with Gasteiger partial charge in [0.15, 0.2) is 0 Å². The summed E-state index contributed by atoms with van der Waals surface area (Å²) in [4.78, 5) is 0.736. The van der Waals surface area contributed by atoms with E-state index in [2.05, 4.69) is 56.6 Å². The number of fused-ring (bicyclic) bond motifs is 5. The number of hydrogen-bond donors (Lipinski definition) is 0. The Balaban J connectivity index is 1.49. The fraction of sp³-hybridized carbons (Fsp3) is 0.926.